The van der Waals surface area contributed by atoms with E-state index in [9.17, 15) is 28.8 Å². The van der Waals surface area contributed by atoms with Crippen molar-refractivity contribution in [1.82, 2.24) is 30.7 Å². The Morgan fingerprint density at radius 3 is 2.18 bits per heavy atom. The third kappa shape index (κ3) is 13.8. The van der Waals surface area contributed by atoms with Crippen LogP contribution in [0.2, 0.25) is 0 Å². The van der Waals surface area contributed by atoms with Crippen molar-refractivity contribution >= 4 is 69.6 Å². The van der Waals surface area contributed by atoms with Crippen molar-refractivity contribution in [2.24, 2.45) is 38.7 Å². The van der Waals surface area contributed by atoms with E-state index in [-0.39, 0.29) is 76.0 Å². The molecule has 0 saturated carbocycles. The average molecular weight is 912 g/mol. The number of nitrogens with two attached hydrogens (primary N) is 5. The molecule has 1 saturated heterocycles. The fourth-order valence-corrected chi connectivity index (χ4v) is 8.65. The minimum atomic E-state index is -1.68. The smallest absolute Gasteiger partial charge is 0.246 e. The summed E-state index contributed by atoms with van der Waals surface area (Å²) in [6.45, 7) is 2.14. The lowest BCUT2D eigenvalue weighted by molar-refractivity contribution is -0.144. The molecule has 19 nitrogen and oxygen atoms in total. The molecule has 14 N–H and O–H groups in total. The van der Waals surface area contributed by atoms with Crippen LogP contribution in [-0.4, -0.2) is 119 Å². The summed E-state index contributed by atoms with van der Waals surface area (Å²) in [5.74, 6) is -3.68. The lowest BCUT2D eigenvalue weighted by atomic mass is 9.90. The fraction of sp³-hybridized carbons (Fsp3) is 0.422. The van der Waals surface area contributed by atoms with Crippen molar-refractivity contribution in [3.63, 3.8) is 0 Å². The van der Waals surface area contributed by atoms with E-state index in [0.29, 0.717) is 19.3 Å². The molecule has 5 rings (SSSR count). The average Bonchev–Trinajstić information content (AvgIpc) is 4.07. The number of aliphatic imine (C=N–C) groups is 2. The van der Waals surface area contributed by atoms with Crippen molar-refractivity contribution in [2.45, 2.75) is 94.4 Å². The zero-order valence-corrected chi connectivity index (χ0v) is 37.7. The Morgan fingerprint density at radius 2 is 1.54 bits per heavy atom. The Balaban J connectivity index is 1.43. The molecular weight excluding hydrogens is 851 g/mol. The van der Waals surface area contributed by atoms with E-state index >= 15 is 0 Å². The quantitative estimate of drug-likeness (QED) is 0.0282. The fourth-order valence-electron chi connectivity index (χ4n) is 7.95. The number of aromatic nitrogens is 1. The highest BCUT2D eigenvalue weighted by atomic mass is 32.1. The first kappa shape index (κ1) is 49.1. The molecular formula is C45H61N13O6S. The third-order valence-electron chi connectivity index (χ3n) is 11.5. The number of hydrogen-bond acceptors (Lipinski definition) is 9. The van der Waals surface area contributed by atoms with Gasteiger partial charge in [0.05, 0.1) is 6.42 Å². The zero-order valence-electron chi connectivity index (χ0n) is 36.8. The lowest BCUT2D eigenvalue weighted by Gasteiger charge is -2.36. The van der Waals surface area contributed by atoms with Gasteiger partial charge in [-0.05, 0) is 74.1 Å². The minimum absolute atomic E-state index is 0.0133. The summed E-state index contributed by atoms with van der Waals surface area (Å²) in [6.07, 6.45) is 3.65. The SMILES string of the molecule is CN(C(=O)Cc1cccs1)[C@@H](Cc1c[nH]c2ccccc12)C(=O)N[C@@](C)(Cc1ccccc1)C(=O)N[C@@H](CCCN=C(N)N)C(=O)N1CCC[C@H]1C(=O)N[C@@H](CCCN=C(N)N)C(N)=O. The summed E-state index contributed by atoms with van der Waals surface area (Å²) in [6, 6.07) is 16.2. The van der Waals surface area contributed by atoms with Crippen LogP contribution in [0.15, 0.2) is 88.3 Å². The van der Waals surface area contributed by atoms with E-state index in [0.717, 1.165) is 26.9 Å². The number of thiophene rings is 1. The molecule has 0 radical (unpaired) electrons. The number of rotatable bonds is 23. The highest BCUT2D eigenvalue weighted by molar-refractivity contribution is 7.10. The number of para-hydroxylation sites is 1. The Labute approximate surface area is 382 Å². The number of H-pyrrole nitrogens is 1. The van der Waals surface area contributed by atoms with Gasteiger partial charge in [-0.3, -0.25) is 38.8 Å². The van der Waals surface area contributed by atoms with E-state index in [1.165, 1.54) is 21.1 Å². The summed E-state index contributed by atoms with van der Waals surface area (Å²) >= 11 is 1.44. The van der Waals surface area contributed by atoms with Gasteiger partial charge in [0.1, 0.15) is 29.7 Å². The van der Waals surface area contributed by atoms with Crippen LogP contribution in [0.4, 0.5) is 0 Å². The Bertz CT molecular complexity index is 2330. The van der Waals surface area contributed by atoms with Gasteiger partial charge in [0.15, 0.2) is 11.9 Å². The van der Waals surface area contributed by atoms with Crippen LogP contribution in [0.25, 0.3) is 10.9 Å². The number of carbonyl (C=O) groups is 6. The van der Waals surface area contributed by atoms with E-state index in [1.807, 2.05) is 78.3 Å². The van der Waals surface area contributed by atoms with E-state index in [4.69, 9.17) is 28.7 Å². The van der Waals surface area contributed by atoms with E-state index < -0.39 is 59.2 Å². The first-order chi connectivity index (χ1) is 31.1. The Morgan fingerprint density at radius 1 is 0.877 bits per heavy atom. The molecule has 348 valence electrons. The van der Waals surface area contributed by atoms with Gasteiger partial charge in [-0.25, -0.2) is 0 Å². The van der Waals surface area contributed by atoms with Crippen molar-refractivity contribution in [3.8, 4) is 0 Å². The van der Waals surface area contributed by atoms with Crippen LogP contribution in [0.1, 0.15) is 61.5 Å². The van der Waals surface area contributed by atoms with Crippen LogP contribution < -0.4 is 44.6 Å². The molecule has 65 heavy (non-hydrogen) atoms. The molecule has 2 aromatic heterocycles. The van der Waals surface area contributed by atoms with Crippen LogP contribution >= 0.6 is 11.3 Å². The number of nitrogens with one attached hydrogen (secondary N) is 4. The molecule has 1 fully saturated rings. The first-order valence-electron chi connectivity index (χ1n) is 21.6. The van der Waals surface area contributed by atoms with E-state index in [2.05, 4.69) is 30.9 Å². The lowest BCUT2D eigenvalue weighted by Crippen LogP contribution is -2.64. The van der Waals surface area contributed by atoms with Crippen LogP contribution in [0, 0.1) is 0 Å². The van der Waals surface area contributed by atoms with Gasteiger partial charge < -0.3 is 59.4 Å². The highest BCUT2D eigenvalue weighted by Crippen LogP contribution is 2.24. The molecule has 5 atom stereocenters. The van der Waals surface area contributed by atoms with Gasteiger partial charge in [-0.1, -0.05) is 54.6 Å². The molecule has 1 aliphatic heterocycles. The normalized spacial score (nSPS) is 15.7. The molecule has 2 aromatic carbocycles. The number of likely N-dealkylation sites (N-methyl/N-ethyl adjacent to an activating group) is 1. The predicted molar refractivity (Wildman–Crippen MR) is 251 cm³/mol. The number of aromatic amines is 1. The Hall–Kier alpha value is -6.96. The number of fused-ring (bicyclic) bond motifs is 1. The predicted octanol–water partition coefficient (Wildman–Crippen LogP) is 0.512. The number of nitrogens with zero attached hydrogens (tertiary/aromatic N) is 4. The van der Waals surface area contributed by atoms with Crippen LogP contribution in [0.5, 0.6) is 0 Å². The van der Waals surface area contributed by atoms with Gasteiger partial charge in [0, 0.05) is 61.5 Å². The number of guanidine groups is 2. The third-order valence-corrected chi connectivity index (χ3v) is 12.3. The molecule has 0 bridgehead atoms. The standard InChI is InChI=1S/C45H61N13O6S/c1-45(26-28-12-4-3-5-13-28,56-40(62)36(57(2)37(59)25-30-14-11-23-65-30)24-29-27-53-32-16-7-6-15-31(29)32)42(64)55-34(18-9-21-52-44(49)50)41(63)58-22-10-19-35(58)39(61)54-33(38(46)60)17-8-20-51-43(47)48/h3-7,11-16,23,27,33-36,53H,8-10,17-22,24-26H2,1-2H3,(H2,46,60)(H,54,61)(H,55,64)(H,56,62)(H4,47,48,51)(H4,49,50,52)/t33-,34-,35-,36-,45-/m0/s1. The van der Waals surface area contributed by atoms with Gasteiger partial charge in [-0.15, -0.1) is 11.3 Å². The van der Waals surface area contributed by atoms with Gasteiger partial charge in [-0.2, -0.15) is 0 Å². The summed E-state index contributed by atoms with van der Waals surface area (Å²) in [4.78, 5) is 99.1. The largest absolute Gasteiger partial charge is 0.370 e. The number of amides is 6. The summed E-state index contributed by atoms with van der Waals surface area (Å²) in [5, 5.41) is 11.4. The molecule has 0 unspecified atom stereocenters. The minimum Gasteiger partial charge on any atom is -0.370 e. The van der Waals surface area contributed by atoms with Crippen LogP contribution in [0.3, 0.4) is 0 Å². The number of hydrogen-bond donors (Lipinski definition) is 9. The zero-order chi connectivity index (χ0) is 47.1. The topological polar surface area (TPSA) is 316 Å². The Kier molecular flexibility index (Phi) is 17.4. The number of benzene rings is 2. The molecule has 1 aliphatic rings. The van der Waals surface area contributed by atoms with Crippen LogP contribution in [-0.2, 0) is 48.0 Å². The van der Waals surface area contributed by atoms with Crippen molar-refractivity contribution in [3.05, 3.63) is 94.3 Å². The second kappa shape index (κ2) is 23.1. The second-order valence-corrected chi connectivity index (χ2v) is 17.4. The summed E-state index contributed by atoms with van der Waals surface area (Å²) in [5.41, 5.74) is 28.3. The van der Waals surface area contributed by atoms with E-state index in [1.54, 1.807) is 14.0 Å². The maximum atomic E-state index is 14.9. The molecule has 3 heterocycles. The summed E-state index contributed by atoms with van der Waals surface area (Å²) < 4.78 is 0. The number of primary amides is 1. The maximum Gasteiger partial charge on any atom is 0.246 e. The summed E-state index contributed by atoms with van der Waals surface area (Å²) in [7, 11) is 1.58. The molecule has 0 spiro atoms. The second-order valence-electron chi connectivity index (χ2n) is 16.4. The van der Waals surface area contributed by atoms with Gasteiger partial charge in [0.25, 0.3) is 0 Å². The molecule has 20 heteroatoms. The number of likely N-dealkylation sites (tertiary alicyclic amines) is 1. The number of carbonyl (C=O) groups excluding carboxylic acids is 6. The maximum absolute atomic E-state index is 14.9. The van der Waals surface area contributed by atoms with Gasteiger partial charge in [0.2, 0.25) is 35.4 Å². The van der Waals surface area contributed by atoms with Gasteiger partial charge >= 0.3 is 0 Å². The monoisotopic (exact) mass is 911 g/mol. The molecule has 4 aromatic rings. The first-order valence-corrected chi connectivity index (χ1v) is 22.4. The molecule has 6 amide bonds. The molecule has 0 aliphatic carbocycles. The van der Waals surface area contributed by atoms with Crippen molar-refractivity contribution in [1.29, 1.82) is 0 Å². The highest BCUT2D eigenvalue weighted by Gasteiger charge is 2.43. The van der Waals surface area contributed by atoms with Crippen molar-refractivity contribution < 1.29 is 28.8 Å². The van der Waals surface area contributed by atoms with Crippen molar-refractivity contribution in [2.75, 3.05) is 26.7 Å².